The summed E-state index contributed by atoms with van der Waals surface area (Å²) in [6, 6.07) is 31.6. The lowest BCUT2D eigenvalue weighted by atomic mass is 10.0. The third kappa shape index (κ3) is 4.25. The Kier molecular flexibility index (Phi) is 6.01. The van der Waals surface area contributed by atoms with E-state index in [1.165, 1.54) is 15.9 Å². The minimum atomic E-state index is -2.14. The second-order valence-corrected chi connectivity index (χ2v) is 10.5. The molecule has 0 spiro atoms. The number of benzene rings is 3. The molecule has 27 heavy (non-hydrogen) atoms. The highest BCUT2D eigenvalue weighted by Gasteiger charge is 2.28. The molecular formula is C24H27O2P. The normalized spacial score (nSPS) is 13.2. The van der Waals surface area contributed by atoms with E-state index >= 15 is 0 Å². The Hall–Kier alpha value is -2.12. The summed E-state index contributed by atoms with van der Waals surface area (Å²) < 4.78 is 6.21. The fraction of sp³-hybridized carbons (Fsp3) is 0.208. The van der Waals surface area contributed by atoms with Crippen molar-refractivity contribution in [2.45, 2.75) is 32.5 Å². The molecule has 3 aromatic carbocycles. The maximum absolute atomic E-state index is 10.4. The summed E-state index contributed by atoms with van der Waals surface area (Å²) in [5, 5.41) is 14.0. The van der Waals surface area contributed by atoms with Crippen LogP contribution >= 0.6 is 6.89 Å². The largest absolute Gasteiger partial charge is 0.388 e. The summed E-state index contributed by atoms with van der Waals surface area (Å²) in [5.41, 5.74) is -0.920. The molecule has 140 valence electrons. The van der Waals surface area contributed by atoms with Crippen LogP contribution in [0.5, 0.6) is 0 Å². The second-order valence-electron chi connectivity index (χ2n) is 7.27. The molecule has 2 nitrogen and oxygen atoms in total. The van der Waals surface area contributed by atoms with Crippen molar-refractivity contribution in [3.8, 4) is 0 Å². The van der Waals surface area contributed by atoms with Crippen molar-refractivity contribution in [1.82, 2.24) is 0 Å². The molecule has 0 aliphatic heterocycles. The quantitative estimate of drug-likeness (QED) is 0.659. The highest BCUT2D eigenvalue weighted by molar-refractivity contribution is 7.94. The summed E-state index contributed by atoms with van der Waals surface area (Å²) in [6.07, 6.45) is -0.326. The van der Waals surface area contributed by atoms with E-state index in [1.807, 2.05) is 31.1 Å². The van der Waals surface area contributed by atoms with Gasteiger partial charge in [-0.1, -0.05) is 91.0 Å². The molecule has 0 bridgehead atoms. The van der Waals surface area contributed by atoms with Crippen molar-refractivity contribution in [3.05, 3.63) is 91.0 Å². The Bertz CT molecular complexity index is 794. The van der Waals surface area contributed by atoms with Crippen LogP contribution in [-0.2, 0) is 4.74 Å². The summed E-state index contributed by atoms with van der Waals surface area (Å²) in [6.45, 7) is 3.33. The van der Waals surface area contributed by atoms with Gasteiger partial charge in [-0.05, 0) is 43.6 Å². The summed E-state index contributed by atoms with van der Waals surface area (Å²) in [5.74, 6) is 2.00. The highest BCUT2D eigenvalue weighted by atomic mass is 31.2. The van der Waals surface area contributed by atoms with Crippen LogP contribution in [0, 0.1) is 0 Å². The molecule has 0 heterocycles. The van der Waals surface area contributed by atoms with Gasteiger partial charge in [0.25, 0.3) is 0 Å². The molecule has 3 aromatic rings. The van der Waals surface area contributed by atoms with E-state index in [1.54, 1.807) is 13.8 Å². The predicted octanol–water partition coefficient (Wildman–Crippen LogP) is 3.92. The lowest BCUT2D eigenvalue weighted by Crippen LogP contribution is -2.36. The molecule has 3 heteroatoms. The standard InChI is InChI=1S/C24H27O2P/c1-20(24(2,3)25)26-19-27(21-13-7-4-8-14-21,22-15-9-5-10-16-22)23-17-11-6-12-18-23/h4-20,25H,1-3H3. The van der Waals surface area contributed by atoms with Crippen LogP contribution in [0.1, 0.15) is 20.8 Å². The molecule has 3 rings (SSSR count). The van der Waals surface area contributed by atoms with Gasteiger partial charge in [-0.2, -0.15) is 0 Å². The van der Waals surface area contributed by atoms with Crippen LogP contribution in [0.25, 0.3) is 0 Å². The van der Waals surface area contributed by atoms with Gasteiger partial charge in [-0.25, -0.2) is 0 Å². The van der Waals surface area contributed by atoms with Crippen LogP contribution in [0.3, 0.4) is 0 Å². The van der Waals surface area contributed by atoms with Gasteiger partial charge in [-0.3, -0.25) is 0 Å². The van der Waals surface area contributed by atoms with Crippen LogP contribution in [0.2, 0.25) is 0 Å². The van der Waals surface area contributed by atoms with Crippen LogP contribution < -0.4 is 15.9 Å². The fourth-order valence-corrected chi connectivity index (χ4v) is 6.52. The fourth-order valence-electron chi connectivity index (χ4n) is 2.97. The number of ether oxygens (including phenoxy) is 1. The van der Waals surface area contributed by atoms with Crippen molar-refractivity contribution in [3.63, 3.8) is 0 Å². The number of hydrogen-bond donors (Lipinski definition) is 1. The van der Waals surface area contributed by atoms with E-state index in [0.717, 1.165) is 0 Å². The zero-order chi connectivity index (χ0) is 19.3. The van der Waals surface area contributed by atoms with Crippen molar-refractivity contribution < 1.29 is 9.84 Å². The predicted molar refractivity (Wildman–Crippen MR) is 118 cm³/mol. The maximum Gasteiger partial charge on any atom is 0.0887 e. The molecule has 1 atom stereocenters. The first-order valence-electron chi connectivity index (χ1n) is 9.22. The third-order valence-electron chi connectivity index (χ3n) is 4.91. The minimum absolute atomic E-state index is 0.326. The van der Waals surface area contributed by atoms with Gasteiger partial charge in [0.1, 0.15) is 0 Å². The summed E-state index contributed by atoms with van der Waals surface area (Å²) in [7, 11) is 0. The number of hydrogen-bond acceptors (Lipinski definition) is 2. The highest BCUT2D eigenvalue weighted by Crippen LogP contribution is 2.43. The lowest BCUT2D eigenvalue weighted by molar-refractivity contribution is -0.0258. The Labute approximate surface area is 162 Å². The van der Waals surface area contributed by atoms with Crippen LogP contribution in [0.15, 0.2) is 91.0 Å². The van der Waals surface area contributed by atoms with Crippen molar-refractivity contribution in [2.75, 3.05) is 0 Å². The van der Waals surface area contributed by atoms with E-state index in [4.69, 9.17) is 4.74 Å². The average molecular weight is 378 g/mol. The SMILES string of the molecule is CC(OC=P(c1ccccc1)(c1ccccc1)c1ccccc1)C(C)(C)O. The minimum Gasteiger partial charge on any atom is -0.388 e. The first kappa shape index (κ1) is 19.6. The topological polar surface area (TPSA) is 29.5 Å². The lowest BCUT2D eigenvalue weighted by Gasteiger charge is -2.31. The van der Waals surface area contributed by atoms with Crippen molar-refractivity contribution in [2.24, 2.45) is 0 Å². The average Bonchev–Trinajstić information content (AvgIpc) is 2.70. The third-order valence-corrected chi connectivity index (χ3v) is 8.68. The van der Waals surface area contributed by atoms with Crippen molar-refractivity contribution >= 4 is 28.8 Å². The Morgan fingerprint density at radius 3 is 1.37 bits per heavy atom. The van der Waals surface area contributed by atoms with Crippen molar-refractivity contribution in [1.29, 1.82) is 0 Å². The first-order valence-corrected chi connectivity index (χ1v) is 11.1. The zero-order valence-corrected chi connectivity index (χ0v) is 17.0. The maximum atomic E-state index is 10.4. The van der Waals surface area contributed by atoms with Gasteiger partial charge >= 0.3 is 0 Å². The second kappa shape index (κ2) is 8.27. The van der Waals surface area contributed by atoms with Crippen LogP contribution in [-0.4, -0.2) is 22.8 Å². The molecule has 1 unspecified atom stereocenters. The smallest absolute Gasteiger partial charge is 0.0887 e. The number of aliphatic hydroxyl groups is 1. The van der Waals surface area contributed by atoms with Gasteiger partial charge in [0.05, 0.1) is 11.7 Å². The first-order chi connectivity index (χ1) is 12.9. The monoisotopic (exact) mass is 378 g/mol. The van der Waals surface area contributed by atoms with Gasteiger partial charge in [-0.15, -0.1) is 0 Å². The number of rotatable bonds is 6. The molecule has 0 aliphatic carbocycles. The molecular weight excluding hydrogens is 351 g/mol. The molecule has 0 aliphatic rings. The Morgan fingerprint density at radius 2 is 1.07 bits per heavy atom. The molecule has 0 fully saturated rings. The summed E-state index contributed by atoms with van der Waals surface area (Å²) in [4.78, 5) is 0. The van der Waals surface area contributed by atoms with E-state index in [-0.39, 0.29) is 6.10 Å². The van der Waals surface area contributed by atoms with Gasteiger partial charge in [0.15, 0.2) is 0 Å². The molecule has 0 aromatic heterocycles. The van der Waals surface area contributed by atoms with Gasteiger partial charge in [0, 0.05) is 5.98 Å². The molecule has 0 amide bonds. The van der Waals surface area contributed by atoms with Gasteiger partial charge in [0.2, 0.25) is 0 Å². The van der Waals surface area contributed by atoms with Gasteiger partial charge < -0.3 is 9.84 Å². The zero-order valence-electron chi connectivity index (χ0n) is 16.1. The van der Waals surface area contributed by atoms with E-state index < -0.39 is 12.5 Å². The van der Waals surface area contributed by atoms with E-state index in [9.17, 15) is 5.11 Å². The molecule has 0 saturated heterocycles. The molecule has 1 N–H and O–H groups in total. The van der Waals surface area contributed by atoms with E-state index in [0.29, 0.717) is 0 Å². The molecule has 0 radical (unpaired) electrons. The molecule has 0 saturated carbocycles. The Morgan fingerprint density at radius 1 is 0.741 bits per heavy atom. The van der Waals surface area contributed by atoms with Crippen LogP contribution in [0.4, 0.5) is 0 Å². The van der Waals surface area contributed by atoms with E-state index in [2.05, 4.69) is 72.8 Å². The Balaban J connectivity index is 2.30. The summed E-state index contributed by atoms with van der Waals surface area (Å²) >= 11 is 0.